The van der Waals surface area contributed by atoms with Crippen molar-refractivity contribution in [2.24, 2.45) is 10.2 Å². The van der Waals surface area contributed by atoms with Gasteiger partial charge in [0.2, 0.25) is 0 Å². The molecule has 1 saturated heterocycles. The van der Waals surface area contributed by atoms with E-state index in [1.807, 2.05) is 63.2 Å². The van der Waals surface area contributed by atoms with Gasteiger partial charge in [0.25, 0.3) is 0 Å². The molecule has 1 amide bonds. The van der Waals surface area contributed by atoms with Crippen LogP contribution in [0.5, 0.6) is 0 Å². The maximum atomic E-state index is 12.6. The molecule has 1 N–H and O–H groups in total. The second kappa shape index (κ2) is 11.9. The van der Waals surface area contributed by atoms with Gasteiger partial charge in [0, 0.05) is 31.3 Å². The van der Waals surface area contributed by atoms with E-state index in [9.17, 15) is 4.79 Å². The molecule has 9 heteroatoms. The Hall–Kier alpha value is -3.85. The number of anilines is 2. The molecular formula is C28H34N6O3. The number of nitrogens with zero attached hydrogens (tertiary/aromatic N) is 5. The van der Waals surface area contributed by atoms with Crippen LogP contribution in [0, 0.1) is 13.8 Å². The molecule has 9 nitrogen and oxygen atoms in total. The molecule has 194 valence electrons. The van der Waals surface area contributed by atoms with Gasteiger partial charge in [-0.2, -0.15) is 5.11 Å². The minimum atomic E-state index is -0.853. The lowest BCUT2D eigenvalue weighted by Gasteiger charge is -2.29. The number of benzene rings is 2. The van der Waals surface area contributed by atoms with E-state index in [2.05, 4.69) is 44.5 Å². The highest BCUT2D eigenvalue weighted by Gasteiger charge is 2.26. The Labute approximate surface area is 218 Å². The molecule has 1 aliphatic heterocycles. The van der Waals surface area contributed by atoms with Gasteiger partial charge in [-0.25, -0.2) is 14.8 Å². The van der Waals surface area contributed by atoms with Crippen molar-refractivity contribution in [2.45, 2.75) is 46.3 Å². The average Bonchev–Trinajstić information content (AvgIpc) is 2.85. The van der Waals surface area contributed by atoms with Crippen molar-refractivity contribution < 1.29 is 14.3 Å². The van der Waals surface area contributed by atoms with Gasteiger partial charge >= 0.3 is 6.09 Å². The van der Waals surface area contributed by atoms with E-state index in [4.69, 9.17) is 14.5 Å². The highest BCUT2D eigenvalue weighted by Crippen LogP contribution is 2.24. The van der Waals surface area contributed by atoms with Crippen molar-refractivity contribution in [3.05, 3.63) is 77.1 Å². The minimum absolute atomic E-state index is 0.312. The summed E-state index contributed by atoms with van der Waals surface area (Å²) < 4.78 is 11.2. The molecule has 4 rings (SSSR count). The van der Waals surface area contributed by atoms with Crippen molar-refractivity contribution in [3.8, 4) is 0 Å². The van der Waals surface area contributed by atoms with E-state index in [-0.39, 0.29) is 0 Å². The number of carbonyl (C=O) groups is 1. The van der Waals surface area contributed by atoms with E-state index in [0.717, 1.165) is 30.0 Å². The fourth-order valence-electron chi connectivity index (χ4n) is 4.00. The maximum Gasteiger partial charge on any atom is 0.412 e. The Kier molecular flexibility index (Phi) is 8.45. The van der Waals surface area contributed by atoms with Gasteiger partial charge in [-0.15, -0.1) is 5.11 Å². The largest absolute Gasteiger partial charge is 0.443 e. The number of carbonyl (C=O) groups excluding carboxylic acids is 1. The molecule has 0 unspecified atom stereocenters. The smallest absolute Gasteiger partial charge is 0.412 e. The van der Waals surface area contributed by atoms with E-state index in [1.165, 1.54) is 5.56 Å². The number of amides is 1. The molecule has 0 spiro atoms. The SMILES string of the molecule is Cc1ccc(NC(=O)OC(C)(C)Cc2nc(N=NCc3cccc(C)c3)cc(N3CCOCC3)n2)cc1. The molecule has 1 fully saturated rings. The quantitative estimate of drug-likeness (QED) is 0.392. The van der Waals surface area contributed by atoms with Crippen molar-refractivity contribution >= 4 is 23.4 Å². The first kappa shape index (κ1) is 26.2. The number of aryl methyl sites for hydroxylation is 2. The molecule has 0 saturated carbocycles. The Bertz CT molecular complexity index is 1240. The molecule has 0 radical (unpaired) electrons. The van der Waals surface area contributed by atoms with Crippen LogP contribution >= 0.6 is 0 Å². The highest BCUT2D eigenvalue weighted by atomic mass is 16.6. The number of aromatic nitrogens is 2. The topological polar surface area (TPSA) is 101 Å². The summed E-state index contributed by atoms with van der Waals surface area (Å²) in [6.45, 7) is 10.9. The standard InChI is InChI=1S/C28H34N6O3/c1-20-8-10-23(11-9-20)30-27(35)37-28(3,4)18-25-31-24(17-26(32-25)34-12-14-36-15-13-34)33-29-19-22-7-5-6-21(2)16-22/h5-11,16-17H,12-15,18-19H2,1-4H3,(H,30,35). The number of hydrogen-bond donors (Lipinski definition) is 1. The van der Waals surface area contributed by atoms with E-state index >= 15 is 0 Å². The third-order valence-corrected chi connectivity index (χ3v) is 5.84. The van der Waals surface area contributed by atoms with Gasteiger partial charge in [-0.1, -0.05) is 47.5 Å². The number of hydrogen-bond acceptors (Lipinski definition) is 8. The summed E-state index contributed by atoms with van der Waals surface area (Å²) in [6, 6.07) is 17.6. The van der Waals surface area contributed by atoms with E-state index in [1.54, 1.807) is 0 Å². The van der Waals surface area contributed by atoms with Crippen LogP contribution in [0.4, 0.5) is 22.1 Å². The predicted octanol–water partition coefficient (Wildman–Crippen LogP) is 5.78. The van der Waals surface area contributed by atoms with Gasteiger partial charge in [0.1, 0.15) is 17.2 Å². The molecule has 1 aliphatic rings. The third kappa shape index (κ3) is 8.08. The normalized spacial score (nSPS) is 14.1. The van der Waals surface area contributed by atoms with Crippen molar-refractivity contribution in [3.63, 3.8) is 0 Å². The number of nitrogens with one attached hydrogen (secondary N) is 1. The lowest BCUT2D eigenvalue weighted by atomic mass is 10.0. The minimum Gasteiger partial charge on any atom is -0.443 e. The zero-order valence-corrected chi connectivity index (χ0v) is 21.9. The molecular weight excluding hydrogens is 468 g/mol. The van der Waals surface area contributed by atoms with Crippen LogP contribution in [0.1, 0.15) is 36.4 Å². The van der Waals surface area contributed by atoms with Gasteiger partial charge < -0.3 is 14.4 Å². The second-order valence-electron chi connectivity index (χ2n) is 9.81. The summed E-state index contributed by atoms with van der Waals surface area (Å²) in [5, 5.41) is 11.5. The first-order valence-corrected chi connectivity index (χ1v) is 12.5. The highest BCUT2D eigenvalue weighted by molar-refractivity contribution is 5.84. The Morgan fingerprint density at radius 1 is 1.05 bits per heavy atom. The number of rotatable bonds is 8. The zero-order valence-electron chi connectivity index (χ0n) is 21.9. The predicted molar refractivity (Wildman–Crippen MR) is 144 cm³/mol. The lowest BCUT2D eigenvalue weighted by molar-refractivity contribution is 0.0479. The van der Waals surface area contributed by atoms with Crippen LogP contribution in [0.2, 0.25) is 0 Å². The molecule has 0 bridgehead atoms. The molecule has 2 aromatic carbocycles. The molecule has 1 aromatic heterocycles. The van der Waals surface area contributed by atoms with E-state index < -0.39 is 11.7 Å². The fourth-order valence-corrected chi connectivity index (χ4v) is 4.00. The van der Waals surface area contributed by atoms with Crippen LogP contribution in [-0.4, -0.2) is 48.0 Å². The number of morpholine rings is 1. The molecule has 2 heterocycles. The fraction of sp³-hybridized carbons (Fsp3) is 0.393. The first-order chi connectivity index (χ1) is 17.8. The maximum absolute atomic E-state index is 12.6. The van der Waals surface area contributed by atoms with Gasteiger partial charge in [0.05, 0.1) is 19.8 Å². The Morgan fingerprint density at radius 2 is 1.81 bits per heavy atom. The van der Waals surface area contributed by atoms with Gasteiger partial charge in [0.15, 0.2) is 5.82 Å². The van der Waals surface area contributed by atoms with Crippen LogP contribution < -0.4 is 10.2 Å². The third-order valence-electron chi connectivity index (χ3n) is 5.84. The molecule has 37 heavy (non-hydrogen) atoms. The average molecular weight is 503 g/mol. The molecule has 3 aromatic rings. The van der Waals surface area contributed by atoms with E-state index in [0.29, 0.717) is 43.5 Å². The number of ether oxygens (including phenoxy) is 2. The summed E-state index contributed by atoms with van der Waals surface area (Å²) in [6.07, 6.45) is -0.219. The Morgan fingerprint density at radius 3 is 2.54 bits per heavy atom. The van der Waals surface area contributed by atoms with Crippen LogP contribution in [0.3, 0.4) is 0 Å². The van der Waals surface area contributed by atoms with Gasteiger partial charge in [-0.3, -0.25) is 5.32 Å². The summed E-state index contributed by atoms with van der Waals surface area (Å²) in [4.78, 5) is 24.1. The monoisotopic (exact) mass is 502 g/mol. The van der Waals surface area contributed by atoms with Gasteiger partial charge in [-0.05, 0) is 45.4 Å². The summed E-state index contributed by atoms with van der Waals surface area (Å²) in [7, 11) is 0. The van der Waals surface area contributed by atoms with Crippen LogP contribution in [0.25, 0.3) is 0 Å². The van der Waals surface area contributed by atoms with Crippen LogP contribution in [0.15, 0.2) is 64.8 Å². The van der Waals surface area contributed by atoms with Crippen molar-refractivity contribution in [1.29, 1.82) is 0 Å². The lowest BCUT2D eigenvalue weighted by Crippen LogP contribution is -2.37. The summed E-state index contributed by atoms with van der Waals surface area (Å²) in [5.74, 6) is 1.76. The Balaban J connectivity index is 1.49. The van der Waals surface area contributed by atoms with Crippen molar-refractivity contribution in [1.82, 2.24) is 9.97 Å². The zero-order chi connectivity index (χ0) is 26.3. The summed E-state index contributed by atoms with van der Waals surface area (Å²) in [5.41, 5.74) is 3.20. The van der Waals surface area contributed by atoms with Crippen LogP contribution in [-0.2, 0) is 22.4 Å². The molecule has 0 atom stereocenters. The molecule has 0 aliphatic carbocycles. The van der Waals surface area contributed by atoms with Crippen molar-refractivity contribution in [2.75, 3.05) is 36.5 Å². The number of azo groups is 1. The second-order valence-corrected chi connectivity index (χ2v) is 9.81. The first-order valence-electron chi connectivity index (χ1n) is 12.5. The summed E-state index contributed by atoms with van der Waals surface area (Å²) >= 11 is 0.